The van der Waals surface area contributed by atoms with Crippen LogP contribution in [0, 0.1) is 11.6 Å². The van der Waals surface area contributed by atoms with Crippen LogP contribution in [0.1, 0.15) is 0 Å². The first kappa shape index (κ1) is 14.3. The number of aromatic nitrogens is 1. The van der Waals surface area contributed by atoms with Gasteiger partial charge in [-0.3, -0.25) is 11.3 Å². The van der Waals surface area contributed by atoms with Gasteiger partial charge in [-0.15, -0.1) is 29.0 Å². The van der Waals surface area contributed by atoms with Crippen LogP contribution in [0.2, 0.25) is 0 Å². The van der Waals surface area contributed by atoms with Gasteiger partial charge in [-0.05, 0) is 5.51 Å². The Balaban J connectivity index is 0.000000166. The number of hydrogen-bond acceptors (Lipinski definition) is 3. The second-order valence-electron chi connectivity index (χ2n) is 3.03. The minimum absolute atomic E-state index is 0. The van der Waals surface area contributed by atoms with Crippen molar-refractivity contribution in [2.45, 2.75) is 0 Å². The molecule has 1 radical (unpaired) electrons. The van der Waals surface area contributed by atoms with Crippen LogP contribution in [-0.2, 0) is 32.7 Å². The number of para-hydroxylation sites is 1. The number of nitrogens with zero attached hydrogens (tertiary/aromatic N) is 1. The number of phenolic OH excluding ortho intramolecular Hbond substituents is 1. The van der Waals surface area contributed by atoms with E-state index < -0.39 is 0 Å². The van der Waals surface area contributed by atoms with Crippen molar-refractivity contribution in [1.29, 1.82) is 0 Å². The van der Waals surface area contributed by atoms with Gasteiger partial charge in [0, 0.05) is 38.5 Å². The Morgan fingerprint density at radius 1 is 1.06 bits per heavy atom. The molecule has 0 saturated carbocycles. The molecule has 4 heteroatoms. The summed E-state index contributed by atoms with van der Waals surface area (Å²) in [5.74, 6) is 0.291. The minimum Gasteiger partial charge on any atom is -0.533 e. The van der Waals surface area contributed by atoms with Gasteiger partial charge in [0.25, 0.3) is 0 Å². The second-order valence-corrected chi connectivity index (χ2v) is 3.86. The first-order valence-corrected chi connectivity index (χ1v) is 5.54. The Morgan fingerprint density at radius 3 is 2.35 bits per heavy atom. The molecule has 0 bridgehead atoms. The van der Waals surface area contributed by atoms with Crippen molar-refractivity contribution in [3.8, 4) is 5.75 Å². The van der Waals surface area contributed by atoms with E-state index in [1.165, 1.54) is 4.70 Å². The molecule has 2 aromatic carbocycles. The van der Waals surface area contributed by atoms with Crippen LogP contribution >= 0.6 is 11.3 Å². The van der Waals surface area contributed by atoms with E-state index in [1.54, 1.807) is 35.6 Å². The second kappa shape index (κ2) is 7.54. The fourth-order valence-electron chi connectivity index (χ4n) is 1.14. The summed E-state index contributed by atoms with van der Waals surface area (Å²) >= 11 is 1.55. The molecule has 83 valence electrons. The fourth-order valence-corrected chi connectivity index (χ4v) is 1.74. The standard InChI is InChI=1S/C7H4NS.C6H5O.Y/c1-2-4-7-6(3-1)8-5-9-7;7-6-4-2-1-3-5-6;/h1-4H;2-5,7H;/q2*-1;. The maximum atomic E-state index is 8.61. The van der Waals surface area contributed by atoms with E-state index in [1.807, 2.05) is 24.3 Å². The predicted octanol–water partition coefficient (Wildman–Crippen LogP) is 3.29. The summed E-state index contributed by atoms with van der Waals surface area (Å²) in [6.07, 6.45) is 0. The summed E-state index contributed by atoms with van der Waals surface area (Å²) in [5, 5.41) is 8.61. The third kappa shape index (κ3) is 4.54. The van der Waals surface area contributed by atoms with Gasteiger partial charge in [-0.25, -0.2) is 0 Å². The normalized spacial score (nSPS) is 8.94. The van der Waals surface area contributed by atoms with Crippen LogP contribution in [0.25, 0.3) is 10.2 Å². The van der Waals surface area contributed by atoms with Crippen molar-refractivity contribution in [3.63, 3.8) is 0 Å². The molecule has 1 N–H and O–H groups in total. The van der Waals surface area contributed by atoms with E-state index in [4.69, 9.17) is 5.11 Å². The van der Waals surface area contributed by atoms with Gasteiger partial charge in [0.1, 0.15) is 0 Å². The smallest absolute Gasteiger partial charge is 0.00821 e. The molecule has 0 unspecified atom stereocenters. The maximum Gasteiger partial charge on any atom is 0.00821 e. The van der Waals surface area contributed by atoms with Gasteiger partial charge in [0.2, 0.25) is 0 Å². The van der Waals surface area contributed by atoms with Crippen LogP contribution in [0.3, 0.4) is 0 Å². The Morgan fingerprint density at radius 2 is 1.76 bits per heavy atom. The maximum absolute atomic E-state index is 8.61. The zero-order valence-corrected chi connectivity index (χ0v) is 12.7. The summed E-state index contributed by atoms with van der Waals surface area (Å²) in [5.41, 5.74) is 3.87. The summed E-state index contributed by atoms with van der Waals surface area (Å²) < 4.78 is 1.21. The van der Waals surface area contributed by atoms with E-state index in [0.29, 0.717) is 5.75 Å². The number of hydrogen-bond donors (Lipinski definition) is 1. The van der Waals surface area contributed by atoms with Gasteiger partial charge in [0.05, 0.1) is 0 Å². The van der Waals surface area contributed by atoms with Crippen LogP contribution in [0.4, 0.5) is 0 Å². The first-order valence-electron chi connectivity index (χ1n) is 4.73. The SMILES string of the molecule is Oc1cc[c-]cc1.[Y].[c-]1nc2ccccc2s1. The van der Waals surface area contributed by atoms with Crippen molar-refractivity contribution in [2.75, 3.05) is 0 Å². The first-order chi connectivity index (χ1) is 7.86. The zero-order chi connectivity index (χ0) is 11.2. The zero-order valence-electron chi connectivity index (χ0n) is 9.00. The average molecular weight is 316 g/mol. The van der Waals surface area contributed by atoms with Crippen LogP contribution in [-0.4, -0.2) is 10.1 Å². The monoisotopic (exact) mass is 316 g/mol. The molecule has 0 spiro atoms. The molecule has 1 aromatic heterocycles. The molecule has 0 atom stereocenters. The molecule has 0 saturated heterocycles. The minimum atomic E-state index is 0. The number of benzene rings is 2. The summed E-state index contributed by atoms with van der Waals surface area (Å²) in [7, 11) is 0. The van der Waals surface area contributed by atoms with Gasteiger partial charge >= 0.3 is 0 Å². The molecule has 0 aliphatic rings. The Bertz CT molecular complexity index is 523. The van der Waals surface area contributed by atoms with Crippen molar-refractivity contribution < 1.29 is 37.8 Å². The molecule has 0 fully saturated rings. The quantitative estimate of drug-likeness (QED) is 0.646. The number of rotatable bonds is 0. The molecule has 1 heterocycles. The number of fused-ring (bicyclic) bond motifs is 1. The number of phenols is 1. The van der Waals surface area contributed by atoms with Crippen molar-refractivity contribution >= 4 is 21.6 Å². The average Bonchev–Trinajstić information content (AvgIpc) is 2.79. The fraction of sp³-hybridized carbons (Fsp3) is 0. The van der Waals surface area contributed by atoms with Crippen LogP contribution in [0.5, 0.6) is 5.75 Å². The van der Waals surface area contributed by atoms with E-state index in [9.17, 15) is 0 Å². The van der Waals surface area contributed by atoms with Gasteiger partial charge in [0.15, 0.2) is 0 Å². The summed E-state index contributed by atoms with van der Waals surface area (Å²) in [6, 6.07) is 17.3. The molecule has 2 nitrogen and oxygen atoms in total. The Labute approximate surface area is 129 Å². The molecule has 3 rings (SSSR count). The molecular weight excluding hydrogens is 307 g/mol. The summed E-state index contributed by atoms with van der Waals surface area (Å²) in [6.45, 7) is 0. The van der Waals surface area contributed by atoms with Gasteiger partial charge < -0.3 is 10.1 Å². The summed E-state index contributed by atoms with van der Waals surface area (Å²) in [4.78, 5) is 4.01. The molecule has 3 aromatic rings. The Hall–Kier alpha value is -0.766. The topological polar surface area (TPSA) is 33.1 Å². The molecule has 0 aliphatic heterocycles. The molecular formula is C13H9NOSY-2. The molecule has 17 heavy (non-hydrogen) atoms. The predicted molar refractivity (Wildman–Crippen MR) is 65.4 cm³/mol. The van der Waals surface area contributed by atoms with Crippen molar-refractivity contribution in [1.82, 2.24) is 4.98 Å². The van der Waals surface area contributed by atoms with Crippen molar-refractivity contribution in [2.24, 2.45) is 0 Å². The van der Waals surface area contributed by atoms with E-state index in [0.717, 1.165) is 5.52 Å². The number of aromatic hydroxyl groups is 1. The largest absolute Gasteiger partial charge is 0.533 e. The van der Waals surface area contributed by atoms with Crippen molar-refractivity contribution in [3.05, 3.63) is 60.1 Å². The molecule has 0 aliphatic carbocycles. The van der Waals surface area contributed by atoms with Gasteiger partial charge in [-0.2, -0.15) is 18.2 Å². The number of thiazole rings is 1. The van der Waals surface area contributed by atoms with Gasteiger partial charge in [-0.1, -0.05) is 17.6 Å². The van der Waals surface area contributed by atoms with Crippen LogP contribution in [0.15, 0.2) is 48.5 Å². The third-order valence-corrected chi connectivity index (χ3v) is 2.64. The Kier molecular flexibility index (Phi) is 6.34. The van der Waals surface area contributed by atoms with E-state index >= 15 is 0 Å². The van der Waals surface area contributed by atoms with Crippen LogP contribution < -0.4 is 0 Å². The van der Waals surface area contributed by atoms with E-state index in [2.05, 4.69) is 16.6 Å². The third-order valence-electron chi connectivity index (χ3n) is 1.89. The van der Waals surface area contributed by atoms with E-state index in [-0.39, 0.29) is 32.7 Å². The molecule has 0 amide bonds.